The third-order valence-electron chi connectivity index (χ3n) is 3.44. The lowest BCUT2D eigenvalue weighted by atomic mass is 10.1. The maximum Gasteiger partial charge on any atom is 0.251 e. The molecule has 0 fully saturated rings. The molecule has 4 nitrogen and oxygen atoms in total. The second-order valence-electron chi connectivity index (χ2n) is 5.61. The molecule has 0 saturated carbocycles. The number of benzene rings is 2. The first-order valence-electron chi connectivity index (χ1n) is 7.22. The van der Waals surface area contributed by atoms with Crippen LogP contribution in [0.5, 0.6) is 0 Å². The number of amides is 1. The van der Waals surface area contributed by atoms with E-state index in [2.05, 4.69) is 5.32 Å². The van der Waals surface area contributed by atoms with Crippen molar-refractivity contribution in [2.75, 3.05) is 6.26 Å². The van der Waals surface area contributed by atoms with E-state index in [9.17, 15) is 13.2 Å². The van der Waals surface area contributed by atoms with Crippen molar-refractivity contribution in [3.8, 4) is 0 Å². The topological polar surface area (TPSA) is 63.2 Å². The average Bonchev–Trinajstić information content (AvgIpc) is 2.49. The first-order valence-corrected chi connectivity index (χ1v) is 9.86. The highest BCUT2D eigenvalue weighted by atomic mass is 35.5. The molecule has 128 valence electrons. The van der Waals surface area contributed by atoms with Gasteiger partial charge in [0.2, 0.25) is 0 Å². The van der Waals surface area contributed by atoms with Crippen LogP contribution in [0.2, 0.25) is 10.0 Å². The van der Waals surface area contributed by atoms with Gasteiger partial charge in [-0.25, -0.2) is 8.42 Å². The lowest BCUT2D eigenvalue weighted by Crippen LogP contribution is -2.34. The maximum atomic E-state index is 12.3. The highest BCUT2D eigenvalue weighted by Crippen LogP contribution is 2.22. The van der Waals surface area contributed by atoms with E-state index < -0.39 is 9.84 Å². The number of halogens is 2. The predicted molar refractivity (Wildman–Crippen MR) is 96.6 cm³/mol. The Balaban J connectivity index is 2.09. The Morgan fingerprint density at radius 2 is 1.88 bits per heavy atom. The summed E-state index contributed by atoms with van der Waals surface area (Å²) < 4.78 is 23.2. The Labute approximate surface area is 151 Å². The van der Waals surface area contributed by atoms with Gasteiger partial charge in [-0.2, -0.15) is 0 Å². The van der Waals surface area contributed by atoms with Crippen LogP contribution in [0.15, 0.2) is 47.4 Å². The Bertz CT molecular complexity index is 866. The van der Waals surface area contributed by atoms with Gasteiger partial charge in [-0.3, -0.25) is 4.79 Å². The molecule has 2 aromatic carbocycles. The molecule has 0 bridgehead atoms. The minimum Gasteiger partial charge on any atom is -0.349 e. The van der Waals surface area contributed by atoms with Crippen molar-refractivity contribution in [1.29, 1.82) is 0 Å². The van der Waals surface area contributed by atoms with Crippen molar-refractivity contribution >= 4 is 38.9 Å². The molecule has 7 heteroatoms. The van der Waals surface area contributed by atoms with Gasteiger partial charge < -0.3 is 5.32 Å². The van der Waals surface area contributed by atoms with Crippen molar-refractivity contribution in [3.63, 3.8) is 0 Å². The van der Waals surface area contributed by atoms with Crippen molar-refractivity contribution in [2.24, 2.45) is 0 Å². The molecule has 1 N–H and O–H groups in total. The van der Waals surface area contributed by atoms with Crippen molar-refractivity contribution in [3.05, 3.63) is 63.6 Å². The van der Waals surface area contributed by atoms with Gasteiger partial charge >= 0.3 is 0 Å². The SMILES string of the molecule is CC(Cc1ccc(Cl)cc1Cl)NC(=O)c1cccc(S(C)(=O)=O)c1. The van der Waals surface area contributed by atoms with E-state index in [0.717, 1.165) is 11.8 Å². The van der Waals surface area contributed by atoms with E-state index in [1.54, 1.807) is 24.3 Å². The first-order chi connectivity index (χ1) is 11.2. The number of carbonyl (C=O) groups excluding carboxylic acids is 1. The van der Waals surface area contributed by atoms with Gasteiger partial charge in [0.15, 0.2) is 9.84 Å². The van der Waals surface area contributed by atoms with Crippen LogP contribution in [0.1, 0.15) is 22.8 Å². The van der Waals surface area contributed by atoms with E-state index in [4.69, 9.17) is 23.2 Å². The van der Waals surface area contributed by atoms with Crippen LogP contribution in [-0.2, 0) is 16.3 Å². The van der Waals surface area contributed by atoms with Crippen molar-refractivity contribution in [2.45, 2.75) is 24.3 Å². The molecule has 1 atom stereocenters. The Hall–Kier alpha value is -1.56. The molecule has 1 amide bonds. The molecule has 1 unspecified atom stereocenters. The second kappa shape index (κ2) is 7.55. The average molecular weight is 386 g/mol. The van der Waals surface area contributed by atoms with Gasteiger partial charge in [0.1, 0.15) is 0 Å². The quantitative estimate of drug-likeness (QED) is 0.851. The van der Waals surface area contributed by atoms with E-state index in [1.807, 2.05) is 13.0 Å². The van der Waals surface area contributed by atoms with Gasteiger partial charge in [0.25, 0.3) is 5.91 Å². The fourth-order valence-corrected chi connectivity index (χ4v) is 3.40. The first kappa shape index (κ1) is 18.8. The molecule has 0 aliphatic rings. The maximum absolute atomic E-state index is 12.3. The minimum atomic E-state index is -3.36. The van der Waals surface area contributed by atoms with Crippen molar-refractivity contribution in [1.82, 2.24) is 5.32 Å². The lowest BCUT2D eigenvalue weighted by Gasteiger charge is -2.15. The third-order valence-corrected chi connectivity index (χ3v) is 5.14. The summed E-state index contributed by atoms with van der Waals surface area (Å²) in [6, 6.07) is 11.0. The highest BCUT2D eigenvalue weighted by molar-refractivity contribution is 7.90. The van der Waals surface area contributed by atoms with Crippen LogP contribution in [0.25, 0.3) is 0 Å². The molecule has 0 aliphatic carbocycles. The standard InChI is InChI=1S/C17H17Cl2NO3S/c1-11(8-12-6-7-14(18)10-16(12)19)20-17(21)13-4-3-5-15(9-13)24(2,22)23/h3-7,9-11H,8H2,1-2H3,(H,20,21). The largest absolute Gasteiger partial charge is 0.349 e. The van der Waals surface area contributed by atoms with E-state index >= 15 is 0 Å². The number of nitrogens with one attached hydrogen (secondary N) is 1. The monoisotopic (exact) mass is 385 g/mol. The molecule has 2 aromatic rings. The van der Waals surface area contributed by atoms with Crippen LogP contribution < -0.4 is 5.32 Å². The van der Waals surface area contributed by atoms with E-state index in [1.165, 1.54) is 12.1 Å². The predicted octanol–water partition coefficient (Wildman–Crippen LogP) is 3.76. The fourth-order valence-electron chi connectivity index (χ4n) is 2.24. The number of sulfone groups is 1. The molecule has 0 heterocycles. The molecular formula is C17H17Cl2NO3S. The molecule has 0 spiro atoms. The molecule has 24 heavy (non-hydrogen) atoms. The molecule has 0 saturated heterocycles. The summed E-state index contributed by atoms with van der Waals surface area (Å²) in [7, 11) is -3.36. The number of hydrogen-bond donors (Lipinski definition) is 1. The zero-order valence-corrected chi connectivity index (χ0v) is 15.5. The Kier molecular flexibility index (Phi) is 5.91. The summed E-state index contributed by atoms with van der Waals surface area (Å²) in [6.45, 7) is 1.85. The molecule has 0 aromatic heterocycles. The number of hydrogen-bond acceptors (Lipinski definition) is 3. The summed E-state index contributed by atoms with van der Waals surface area (Å²) in [4.78, 5) is 12.4. The van der Waals surface area contributed by atoms with Gasteiger partial charge in [-0.15, -0.1) is 0 Å². The van der Waals surface area contributed by atoms with Crippen LogP contribution in [-0.4, -0.2) is 26.6 Å². The summed E-state index contributed by atoms with van der Waals surface area (Å²) >= 11 is 12.0. The number of rotatable bonds is 5. The van der Waals surface area contributed by atoms with Gasteiger partial charge in [0.05, 0.1) is 4.90 Å². The van der Waals surface area contributed by atoms with Gasteiger partial charge in [-0.1, -0.05) is 35.3 Å². The number of carbonyl (C=O) groups is 1. The Morgan fingerprint density at radius 3 is 2.50 bits per heavy atom. The van der Waals surface area contributed by atoms with Gasteiger partial charge in [-0.05, 0) is 49.2 Å². The Morgan fingerprint density at radius 1 is 1.17 bits per heavy atom. The summed E-state index contributed by atoms with van der Waals surface area (Å²) in [5.41, 5.74) is 1.17. The summed E-state index contributed by atoms with van der Waals surface area (Å²) in [5.74, 6) is -0.335. The summed E-state index contributed by atoms with van der Waals surface area (Å²) in [6.07, 6.45) is 1.64. The van der Waals surface area contributed by atoms with Crippen LogP contribution >= 0.6 is 23.2 Å². The van der Waals surface area contributed by atoms with Crippen LogP contribution in [0.4, 0.5) is 0 Å². The zero-order chi connectivity index (χ0) is 17.9. The minimum absolute atomic E-state index is 0.114. The molecule has 2 rings (SSSR count). The van der Waals surface area contributed by atoms with Gasteiger partial charge in [0, 0.05) is 27.9 Å². The normalized spacial score (nSPS) is 12.7. The fraction of sp³-hybridized carbons (Fsp3) is 0.235. The van der Waals surface area contributed by atoms with Crippen molar-refractivity contribution < 1.29 is 13.2 Å². The smallest absolute Gasteiger partial charge is 0.251 e. The van der Waals surface area contributed by atoms with Crippen LogP contribution in [0.3, 0.4) is 0 Å². The van der Waals surface area contributed by atoms with E-state index in [0.29, 0.717) is 22.0 Å². The highest BCUT2D eigenvalue weighted by Gasteiger charge is 2.14. The molecule has 0 radical (unpaired) electrons. The third kappa shape index (κ3) is 4.97. The second-order valence-corrected chi connectivity index (χ2v) is 8.47. The molecule has 0 aliphatic heterocycles. The van der Waals surface area contributed by atoms with Crippen LogP contribution in [0, 0.1) is 0 Å². The lowest BCUT2D eigenvalue weighted by molar-refractivity contribution is 0.0940. The van der Waals surface area contributed by atoms with E-state index in [-0.39, 0.29) is 16.8 Å². The zero-order valence-electron chi connectivity index (χ0n) is 13.2. The summed E-state index contributed by atoms with van der Waals surface area (Å²) in [5, 5.41) is 3.94. The molecular weight excluding hydrogens is 369 g/mol.